The molecular formula is C8H6O5. The molecule has 5 heteroatoms. The molecule has 0 heterocycles. The molecule has 0 saturated carbocycles. The van der Waals surface area contributed by atoms with Crippen LogP contribution >= 0.6 is 0 Å². The van der Waals surface area contributed by atoms with Gasteiger partial charge in [0.15, 0.2) is 11.5 Å². The van der Waals surface area contributed by atoms with Crippen LogP contribution in [0.25, 0.3) is 0 Å². The minimum Gasteiger partial charge on any atom is -0.515 e. The van der Waals surface area contributed by atoms with Crippen molar-refractivity contribution in [2.45, 2.75) is 0 Å². The molecule has 0 spiro atoms. The number of hydrogen-bond acceptors (Lipinski definition) is 5. The van der Waals surface area contributed by atoms with E-state index in [1.165, 1.54) is 7.11 Å². The fourth-order valence-corrected chi connectivity index (χ4v) is 0.882. The van der Waals surface area contributed by atoms with Crippen LogP contribution in [0, 0.1) is 0 Å². The molecule has 0 aromatic rings. The molecule has 0 atom stereocenters. The number of hydrogen-bond donors (Lipinski definition) is 1. The van der Waals surface area contributed by atoms with Gasteiger partial charge in [-0.3, -0.25) is 14.4 Å². The van der Waals surface area contributed by atoms with Gasteiger partial charge < -0.3 is 9.84 Å². The minimum absolute atomic E-state index is 0.305. The molecule has 0 fully saturated rings. The Morgan fingerprint density at radius 2 is 1.92 bits per heavy atom. The van der Waals surface area contributed by atoms with Crippen LogP contribution in [-0.4, -0.2) is 29.6 Å². The minimum atomic E-state index is -1.05. The zero-order chi connectivity index (χ0) is 10.0. The van der Waals surface area contributed by atoms with Gasteiger partial charge in [0.1, 0.15) is 5.57 Å². The first-order valence-electron chi connectivity index (χ1n) is 3.35. The largest absolute Gasteiger partial charge is 0.515 e. The summed E-state index contributed by atoms with van der Waals surface area (Å²) in [7, 11) is 1.18. The number of aliphatic hydroxyl groups excluding tert-OH is 1. The molecule has 1 rings (SSSR count). The van der Waals surface area contributed by atoms with Crippen molar-refractivity contribution in [1.82, 2.24) is 0 Å². The highest BCUT2D eigenvalue weighted by atomic mass is 16.5. The quantitative estimate of drug-likeness (QED) is 0.260. The summed E-state index contributed by atoms with van der Waals surface area (Å²) in [6.45, 7) is 0. The lowest BCUT2D eigenvalue weighted by atomic mass is 9.97. The number of carbonyl (C=O) groups excluding carboxylic acids is 3. The van der Waals surface area contributed by atoms with Gasteiger partial charge in [0.25, 0.3) is 5.78 Å². The predicted molar refractivity (Wildman–Crippen MR) is 40.8 cm³/mol. The predicted octanol–water partition coefficient (Wildman–Crippen LogP) is -0.321. The number of methoxy groups -OCH3 is 1. The average Bonchev–Trinajstić information content (AvgIpc) is 2.12. The van der Waals surface area contributed by atoms with Gasteiger partial charge in [0.05, 0.1) is 13.4 Å². The van der Waals surface area contributed by atoms with Gasteiger partial charge in [-0.05, 0) is 0 Å². The van der Waals surface area contributed by atoms with Crippen molar-refractivity contribution in [3.63, 3.8) is 0 Å². The number of allylic oxidation sites excluding steroid dienone is 3. The van der Waals surface area contributed by atoms with E-state index in [9.17, 15) is 14.4 Å². The fourth-order valence-electron chi connectivity index (χ4n) is 0.882. The maximum absolute atomic E-state index is 11.0. The maximum atomic E-state index is 11.0. The molecule has 0 amide bonds. The standard InChI is InChI=1S/C8H6O5/c1-13-6-2-5(10)4(3-9)7(11)8(6)12/h2-3,9H,1H3/b4-3-. The number of carbonyl (C=O) groups is 3. The highest BCUT2D eigenvalue weighted by molar-refractivity contribution is 6.57. The number of Topliss-reactive ketones (excluding diaryl/α,β-unsaturated/α-hetero) is 2. The van der Waals surface area contributed by atoms with Crippen LogP contribution in [0.15, 0.2) is 23.7 Å². The summed E-state index contributed by atoms with van der Waals surface area (Å²) in [5, 5.41) is 8.48. The lowest BCUT2D eigenvalue weighted by molar-refractivity contribution is -0.135. The molecule has 5 nitrogen and oxygen atoms in total. The number of aliphatic hydroxyl groups is 1. The average molecular weight is 182 g/mol. The molecule has 0 unspecified atom stereocenters. The van der Waals surface area contributed by atoms with E-state index in [0.29, 0.717) is 6.26 Å². The van der Waals surface area contributed by atoms with E-state index in [0.717, 1.165) is 6.08 Å². The zero-order valence-corrected chi connectivity index (χ0v) is 6.73. The Morgan fingerprint density at radius 3 is 2.38 bits per heavy atom. The second kappa shape index (κ2) is 3.22. The molecule has 13 heavy (non-hydrogen) atoms. The lowest BCUT2D eigenvalue weighted by Crippen LogP contribution is -2.28. The lowest BCUT2D eigenvalue weighted by Gasteiger charge is -2.09. The Balaban J connectivity index is 3.21. The van der Waals surface area contributed by atoms with Gasteiger partial charge in [0.2, 0.25) is 5.78 Å². The van der Waals surface area contributed by atoms with E-state index < -0.39 is 22.9 Å². The molecule has 0 radical (unpaired) electrons. The maximum Gasteiger partial charge on any atom is 0.268 e. The Labute approximate surface area is 73.3 Å². The second-order valence-corrected chi connectivity index (χ2v) is 2.28. The molecule has 1 N–H and O–H groups in total. The third-order valence-corrected chi connectivity index (χ3v) is 1.55. The summed E-state index contributed by atoms with van der Waals surface area (Å²) in [4.78, 5) is 33.0. The first-order chi connectivity index (χ1) is 6.11. The van der Waals surface area contributed by atoms with Crippen molar-refractivity contribution in [3.8, 4) is 0 Å². The Morgan fingerprint density at radius 1 is 1.31 bits per heavy atom. The number of ether oxygens (including phenoxy) is 1. The van der Waals surface area contributed by atoms with Crippen LogP contribution in [0.2, 0.25) is 0 Å². The third kappa shape index (κ3) is 1.35. The summed E-state index contributed by atoms with van der Waals surface area (Å²) in [6, 6.07) is 0. The molecule has 68 valence electrons. The first-order valence-corrected chi connectivity index (χ1v) is 3.35. The highest BCUT2D eigenvalue weighted by Crippen LogP contribution is 2.13. The zero-order valence-electron chi connectivity index (χ0n) is 6.73. The van der Waals surface area contributed by atoms with Crippen LogP contribution in [0.5, 0.6) is 0 Å². The van der Waals surface area contributed by atoms with Crippen molar-refractivity contribution in [3.05, 3.63) is 23.7 Å². The summed E-state index contributed by atoms with van der Waals surface area (Å²) >= 11 is 0. The van der Waals surface area contributed by atoms with E-state index in [2.05, 4.69) is 4.74 Å². The van der Waals surface area contributed by atoms with Crippen molar-refractivity contribution >= 4 is 17.3 Å². The van der Waals surface area contributed by atoms with Gasteiger partial charge in [-0.15, -0.1) is 0 Å². The Hall–Kier alpha value is -1.91. The van der Waals surface area contributed by atoms with Crippen molar-refractivity contribution in [2.24, 2.45) is 0 Å². The molecule has 0 saturated heterocycles. The SMILES string of the molecule is COC1=CC(=O)/C(=C/O)C(=O)C1=O. The molecule has 1 aliphatic carbocycles. The van der Waals surface area contributed by atoms with E-state index in [4.69, 9.17) is 5.11 Å². The summed E-state index contributed by atoms with van der Waals surface area (Å²) < 4.78 is 4.50. The van der Waals surface area contributed by atoms with E-state index in [1.807, 2.05) is 0 Å². The first kappa shape index (κ1) is 9.18. The molecule has 0 aliphatic heterocycles. The topological polar surface area (TPSA) is 80.7 Å². The van der Waals surface area contributed by atoms with Crippen molar-refractivity contribution < 1.29 is 24.2 Å². The molecular weight excluding hydrogens is 176 g/mol. The van der Waals surface area contributed by atoms with E-state index in [1.54, 1.807) is 0 Å². The smallest absolute Gasteiger partial charge is 0.268 e. The molecule has 0 bridgehead atoms. The van der Waals surface area contributed by atoms with Crippen LogP contribution in [0.4, 0.5) is 0 Å². The van der Waals surface area contributed by atoms with Crippen molar-refractivity contribution in [1.29, 1.82) is 0 Å². The second-order valence-electron chi connectivity index (χ2n) is 2.28. The van der Waals surface area contributed by atoms with Gasteiger partial charge in [-0.1, -0.05) is 0 Å². The van der Waals surface area contributed by atoms with Gasteiger partial charge in [0, 0.05) is 6.08 Å². The fraction of sp³-hybridized carbons (Fsp3) is 0.125. The molecule has 0 aromatic carbocycles. The Bertz CT molecular complexity index is 348. The monoisotopic (exact) mass is 182 g/mol. The van der Waals surface area contributed by atoms with Crippen LogP contribution < -0.4 is 0 Å². The Kier molecular flexibility index (Phi) is 2.27. The van der Waals surface area contributed by atoms with E-state index in [-0.39, 0.29) is 5.76 Å². The third-order valence-electron chi connectivity index (χ3n) is 1.55. The van der Waals surface area contributed by atoms with Gasteiger partial charge in [-0.2, -0.15) is 0 Å². The normalized spacial score (nSPS) is 20.5. The van der Waals surface area contributed by atoms with Crippen LogP contribution in [-0.2, 0) is 19.1 Å². The molecule has 0 aromatic heterocycles. The number of ketones is 3. The van der Waals surface area contributed by atoms with Crippen LogP contribution in [0.3, 0.4) is 0 Å². The summed E-state index contributed by atoms with van der Waals surface area (Å²) in [5.41, 5.74) is -0.536. The van der Waals surface area contributed by atoms with Crippen LogP contribution in [0.1, 0.15) is 0 Å². The number of rotatable bonds is 1. The summed E-state index contributed by atoms with van der Waals surface area (Å²) in [6.07, 6.45) is 1.19. The van der Waals surface area contributed by atoms with Crippen molar-refractivity contribution in [2.75, 3.05) is 7.11 Å². The highest BCUT2D eigenvalue weighted by Gasteiger charge is 2.33. The summed E-state index contributed by atoms with van der Waals surface area (Å²) in [5.74, 6) is -3.01. The van der Waals surface area contributed by atoms with Gasteiger partial charge in [-0.25, -0.2) is 0 Å². The molecule has 1 aliphatic rings. The van der Waals surface area contributed by atoms with Gasteiger partial charge >= 0.3 is 0 Å². The van der Waals surface area contributed by atoms with E-state index >= 15 is 0 Å².